The molecule has 0 radical (unpaired) electrons. The number of fused-ring (bicyclic) bond motifs is 1. The summed E-state index contributed by atoms with van der Waals surface area (Å²) in [6, 6.07) is 1.09. The summed E-state index contributed by atoms with van der Waals surface area (Å²) in [4.78, 5) is 17.6. The Bertz CT molecular complexity index is 378. The van der Waals surface area contributed by atoms with Gasteiger partial charge in [0, 0.05) is 44.8 Å². The highest BCUT2D eigenvalue weighted by molar-refractivity contribution is 5.85. The lowest BCUT2D eigenvalue weighted by molar-refractivity contribution is -0.133. The minimum Gasteiger partial charge on any atom is -0.352 e. The quantitative estimate of drug-likeness (QED) is 0.792. The lowest BCUT2D eigenvalue weighted by Crippen LogP contribution is -2.61. The van der Waals surface area contributed by atoms with Crippen LogP contribution in [0.15, 0.2) is 0 Å². The molecule has 0 saturated carbocycles. The van der Waals surface area contributed by atoms with E-state index in [2.05, 4.69) is 34.3 Å². The van der Waals surface area contributed by atoms with E-state index in [1.807, 2.05) is 0 Å². The van der Waals surface area contributed by atoms with Gasteiger partial charge >= 0.3 is 0 Å². The van der Waals surface area contributed by atoms with Crippen LogP contribution in [0.3, 0.4) is 0 Å². The van der Waals surface area contributed by atoms with E-state index >= 15 is 0 Å². The summed E-state index contributed by atoms with van der Waals surface area (Å²) in [6.07, 6.45) is 4.90. The van der Waals surface area contributed by atoms with E-state index < -0.39 is 5.54 Å². The minimum absolute atomic E-state index is 0.209. The first-order valence-corrected chi connectivity index (χ1v) is 8.58. The molecule has 3 heterocycles. The number of carbonyl (C=O) groups excluding carboxylic acids is 1. The average Bonchev–Trinajstić information content (AvgIpc) is 2.95. The molecule has 21 heavy (non-hydrogen) atoms. The monoisotopic (exact) mass is 294 g/mol. The first-order chi connectivity index (χ1) is 10.1. The molecule has 5 nitrogen and oxygen atoms in total. The number of piperazine rings is 1. The Labute approximate surface area is 128 Å². The van der Waals surface area contributed by atoms with E-state index in [4.69, 9.17) is 0 Å². The van der Waals surface area contributed by atoms with Crippen molar-refractivity contribution < 1.29 is 4.79 Å². The van der Waals surface area contributed by atoms with E-state index in [-0.39, 0.29) is 5.91 Å². The predicted octanol–water partition coefficient (Wildman–Crippen LogP) is 0.413. The lowest BCUT2D eigenvalue weighted by Gasteiger charge is -2.42. The number of piperidine rings is 1. The largest absolute Gasteiger partial charge is 0.352 e. The summed E-state index contributed by atoms with van der Waals surface area (Å²) in [7, 11) is 0. The highest BCUT2D eigenvalue weighted by Gasteiger charge is 2.38. The third-order valence-electron chi connectivity index (χ3n) is 5.62. The lowest BCUT2D eigenvalue weighted by atomic mass is 9.95. The molecule has 0 bridgehead atoms. The molecule has 2 unspecified atom stereocenters. The van der Waals surface area contributed by atoms with E-state index in [0.717, 1.165) is 45.6 Å². The second-order valence-electron chi connectivity index (χ2n) is 7.32. The van der Waals surface area contributed by atoms with Crippen molar-refractivity contribution >= 4 is 5.91 Å². The van der Waals surface area contributed by atoms with Gasteiger partial charge in [-0.05, 0) is 46.1 Å². The second kappa shape index (κ2) is 6.23. The van der Waals surface area contributed by atoms with Gasteiger partial charge in [-0.2, -0.15) is 0 Å². The van der Waals surface area contributed by atoms with Gasteiger partial charge in [0.15, 0.2) is 0 Å². The predicted molar refractivity (Wildman–Crippen MR) is 84.3 cm³/mol. The fourth-order valence-corrected chi connectivity index (χ4v) is 4.08. The highest BCUT2D eigenvalue weighted by Crippen LogP contribution is 2.27. The zero-order chi connectivity index (χ0) is 14.9. The normalized spacial score (nSPS) is 31.9. The summed E-state index contributed by atoms with van der Waals surface area (Å²) in [5, 5.41) is 6.69. The van der Waals surface area contributed by atoms with Crippen LogP contribution in [0.5, 0.6) is 0 Å². The van der Waals surface area contributed by atoms with Crippen LogP contribution in [0.1, 0.15) is 39.5 Å². The molecule has 1 amide bonds. The molecule has 5 heteroatoms. The smallest absolute Gasteiger partial charge is 0.240 e. The van der Waals surface area contributed by atoms with Crippen molar-refractivity contribution in [2.45, 2.75) is 57.2 Å². The number of nitrogens with one attached hydrogen (secondary N) is 2. The number of hydrogen-bond donors (Lipinski definition) is 2. The Kier molecular flexibility index (Phi) is 4.52. The van der Waals surface area contributed by atoms with E-state index in [1.165, 1.54) is 19.4 Å². The Balaban J connectivity index is 1.55. The molecule has 0 aliphatic carbocycles. The maximum Gasteiger partial charge on any atom is 0.240 e. The van der Waals surface area contributed by atoms with Crippen molar-refractivity contribution in [3.05, 3.63) is 0 Å². The number of rotatable bonds is 3. The molecule has 3 saturated heterocycles. The van der Waals surface area contributed by atoms with Gasteiger partial charge in [0.1, 0.15) is 0 Å². The Morgan fingerprint density at radius 3 is 2.67 bits per heavy atom. The molecule has 3 fully saturated rings. The van der Waals surface area contributed by atoms with Gasteiger partial charge in [-0.3, -0.25) is 9.69 Å². The van der Waals surface area contributed by atoms with Gasteiger partial charge in [-0.1, -0.05) is 0 Å². The standard InChI is InChI=1S/C16H30N4O/c1-16(2,20-10-6-17-7-11-20)15(21)18-13-5-9-19-8-3-4-14(19)12-13/h13-14,17H,3-12H2,1-2H3,(H,18,21). The zero-order valence-corrected chi connectivity index (χ0v) is 13.5. The van der Waals surface area contributed by atoms with Gasteiger partial charge in [0.05, 0.1) is 5.54 Å². The molecule has 2 N–H and O–H groups in total. The van der Waals surface area contributed by atoms with Crippen LogP contribution < -0.4 is 10.6 Å². The molecule has 0 aromatic rings. The first-order valence-electron chi connectivity index (χ1n) is 8.58. The maximum atomic E-state index is 12.7. The molecular weight excluding hydrogens is 264 g/mol. The summed E-state index contributed by atoms with van der Waals surface area (Å²) in [5.41, 5.74) is -0.394. The molecule has 120 valence electrons. The summed E-state index contributed by atoms with van der Waals surface area (Å²) < 4.78 is 0. The van der Waals surface area contributed by atoms with Crippen molar-refractivity contribution in [1.82, 2.24) is 20.4 Å². The Hall–Kier alpha value is -0.650. The maximum absolute atomic E-state index is 12.7. The van der Waals surface area contributed by atoms with Crippen LogP contribution in [0.2, 0.25) is 0 Å². The summed E-state index contributed by atoms with van der Waals surface area (Å²) in [5.74, 6) is 0.209. The highest BCUT2D eigenvalue weighted by atomic mass is 16.2. The van der Waals surface area contributed by atoms with Crippen molar-refractivity contribution in [2.75, 3.05) is 39.3 Å². The van der Waals surface area contributed by atoms with Crippen molar-refractivity contribution in [3.63, 3.8) is 0 Å². The van der Waals surface area contributed by atoms with Crippen LogP contribution >= 0.6 is 0 Å². The topological polar surface area (TPSA) is 47.6 Å². The number of amides is 1. The molecular formula is C16H30N4O. The number of nitrogens with zero attached hydrogens (tertiary/aromatic N) is 2. The first kappa shape index (κ1) is 15.3. The molecule has 0 aromatic heterocycles. The van der Waals surface area contributed by atoms with E-state index in [9.17, 15) is 4.79 Å². The molecule has 0 aromatic carbocycles. The number of hydrogen-bond acceptors (Lipinski definition) is 4. The van der Waals surface area contributed by atoms with Crippen molar-refractivity contribution in [2.24, 2.45) is 0 Å². The van der Waals surface area contributed by atoms with Gasteiger partial charge in [-0.25, -0.2) is 0 Å². The van der Waals surface area contributed by atoms with Crippen LogP contribution in [-0.2, 0) is 4.79 Å². The average molecular weight is 294 g/mol. The third-order valence-corrected chi connectivity index (χ3v) is 5.62. The zero-order valence-electron chi connectivity index (χ0n) is 13.5. The summed E-state index contributed by atoms with van der Waals surface area (Å²) in [6.45, 7) is 10.4. The van der Waals surface area contributed by atoms with Gasteiger partial charge < -0.3 is 15.5 Å². The molecule has 3 aliphatic heterocycles. The van der Waals surface area contributed by atoms with Crippen LogP contribution in [-0.4, -0.2) is 72.6 Å². The third kappa shape index (κ3) is 3.25. The Morgan fingerprint density at radius 1 is 1.14 bits per heavy atom. The van der Waals surface area contributed by atoms with Crippen LogP contribution in [0.25, 0.3) is 0 Å². The van der Waals surface area contributed by atoms with Gasteiger partial charge in [-0.15, -0.1) is 0 Å². The van der Waals surface area contributed by atoms with Crippen LogP contribution in [0, 0.1) is 0 Å². The van der Waals surface area contributed by atoms with Gasteiger partial charge in [0.2, 0.25) is 5.91 Å². The fraction of sp³-hybridized carbons (Fsp3) is 0.938. The fourth-order valence-electron chi connectivity index (χ4n) is 4.08. The SMILES string of the molecule is CC(C)(C(=O)NC1CCN2CCCC2C1)N1CCNCC1. The molecule has 3 aliphatic rings. The van der Waals surface area contributed by atoms with E-state index in [0.29, 0.717) is 12.1 Å². The molecule has 2 atom stereocenters. The molecule has 0 spiro atoms. The Morgan fingerprint density at radius 2 is 1.90 bits per heavy atom. The molecule has 3 rings (SSSR count). The summed E-state index contributed by atoms with van der Waals surface area (Å²) >= 11 is 0. The van der Waals surface area contributed by atoms with Crippen molar-refractivity contribution in [3.8, 4) is 0 Å². The second-order valence-corrected chi connectivity index (χ2v) is 7.32. The van der Waals surface area contributed by atoms with Crippen molar-refractivity contribution in [1.29, 1.82) is 0 Å². The van der Waals surface area contributed by atoms with Gasteiger partial charge in [0.25, 0.3) is 0 Å². The van der Waals surface area contributed by atoms with Crippen LogP contribution in [0.4, 0.5) is 0 Å². The van der Waals surface area contributed by atoms with E-state index in [1.54, 1.807) is 0 Å². The minimum atomic E-state index is -0.394. The number of carbonyl (C=O) groups is 1.